The first-order valence-corrected chi connectivity index (χ1v) is 9.88. The Balaban J connectivity index is 0.000000628. The molecule has 0 spiro atoms. The number of ether oxygens (including phenoxy) is 3. The number of benzene rings is 2. The summed E-state index contributed by atoms with van der Waals surface area (Å²) in [5.74, 6) is -0.245. The Labute approximate surface area is 187 Å². The van der Waals surface area contributed by atoms with E-state index in [-0.39, 0.29) is 6.10 Å². The zero-order valence-electron chi connectivity index (χ0n) is 16.1. The van der Waals surface area contributed by atoms with Crippen molar-refractivity contribution in [3.63, 3.8) is 0 Å². The van der Waals surface area contributed by atoms with E-state index in [0.29, 0.717) is 29.8 Å². The Kier molecular flexibility index (Phi) is 7.69. The van der Waals surface area contributed by atoms with Crippen molar-refractivity contribution in [1.82, 2.24) is 9.55 Å². The number of imidazole rings is 1. The van der Waals surface area contributed by atoms with E-state index in [2.05, 4.69) is 4.98 Å². The SMILES string of the molecule is Clc1ccc(C2(Cn3ccnc3)OCC(COc3ccccc3)O2)c(Cl)c1.O=[N+]([O-])O. The molecule has 164 valence electrons. The molecule has 0 aliphatic carbocycles. The van der Waals surface area contributed by atoms with Crippen LogP contribution in [0.1, 0.15) is 5.56 Å². The summed E-state index contributed by atoms with van der Waals surface area (Å²) in [6, 6.07) is 14.9. The minimum Gasteiger partial charge on any atom is -0.491 e. The third-order valence-electron chi connectivity index (χ3n) is 4.33. The highest BCUT2D eigenvalue weighted by molar-refractivity contribution is 6.35. The molecule has 11 heteroatoms. The standard InChI is InChI=1S/C20H18Cl2N2O3.HNO3/c21-15-6-7-18(19(22)10-15)20(13-24-9-8-23-14-24)26-12-17(27-20)11-25-16-4-2-1-3-5-16;2-1(3)4/h1-10,14,17H,11-13H2;(H,2,3,4). The molecule has 2 atom stereocenters. The van der Waals surface area contributed by atoms with E-state index in [0.717, 1.165) is 11.3 Å². The Hall–Kier alpha value is -2.85. The minimum absolute atomic E-state index is 0.236. The second-order valence-corrected chi connectivity index (χ2v) is 7.37. The van der Waals surface area contributed by atoms with E-state index in [1.165, 1.54) is 0 Å². The van der Waals surface area contributed by atoms with Gasteiger partial charge in [-0.3, -0.25) is 0 Å². The minimum atomic E-state index is -1.50. The first-order valence-electron chi connectivity index (χ1n) is 9.12. The fourth-order valence-electron chi connectivity index (χ4n) is 3.08. The Morgan fingerprint density at radius 3 is 2.68 bits per heavy atom. The van der Waals surface area contributed by atoms with Crippen LogP contribution >= 0.6 is 23.2 Å². The normalized spacial score (nSPS) is 20.0. The number of para-hydroxylation sites is 1. The highest BCUT2D eigenvalue weighted by atomic mass is 35.5. The second-order valence-electron chi connectivity index (χ2n) is 6.52. The van der Waals surface area contributed by atoms with Crippen LogP contribution in [0.2, 0.25) is 10.0 Å². The van der Waals surface area contributed by atoms with Crippen LogP contribution in [0.15, 0.2) is 67.3 Å². The van der Waals surface area contributed by atoms with Crippen molar-refractivity contribution in [3.05, 3.63) is 93.0 Å². The maximum Gasteiger partial charge on any atom is 0.291 e. The van der Waals surface area contributed by atoms with Gasteiger partial charge in [-0.2, -0.15) is 0 Å². The number of nitrogens with zero attached hydrogens (tertiary/aromatic N) is 3. The van der Waals surface area contributed by atoms with Gasteiger partial charge in [-0.05, 0) is 24.3 Å². The van der Waals surface area contributed by atoms with Crippen LogP contribution in [-0.4, -0.2) is 39.2 Å². The van der Waals surface area contributed by atoms with E-state index in [9.17, 15) is 0 Å². The first kappa shape index (κ1) is 22.8. The average molecular weight is 468 g/mol. The van der Waals surface area contributed by atoms with Gasteiger partial charge in [0, 0.05) is 23.0 Å². The molecule has 1 aliphatic heterocycles. The summed E-state index contributed by atoms with van der Waals surface area (Å²) in [4.78, 5) is 12.5. The molecule has 1 N–H and O–H groups in total. The third-order valence-corrected chi connectivity index (χ3v) is 4.88. The summed E-state index contributed by atoms with van der Waals surface area (Å²) in [5, 5.41) is 14.7. The molecule has 4 rings (SSSR count). The molecule has 0 amide bonds. The number of halogens is 2. The molecule has 1 saturated heterocycles. The lowest BCUT2D eigenvalue weighted by atomic mass is 10.1. The van der Waals surface area contributed by atoms with Gasteiger partial charge in [-0.25, -0.2) is 4.98 Å². The van der Waals surface area contributed by atoms with Crippen molar-refractivity contribution in [2.24, 2.45) is 0 Å². The molecular weight excluding hydrogens is 449 g/mol. The number of hydrogen-bond donors (Lipinski definition) is 1. The van der Waals surface area contributed by atoms with Crippen LogP contribution < -0.4 is 4.74 Å². The van der Waals surface area contributed by atoms with Gasteiger partial charge in [0.1, 0.15) is 18.5 Å². The predicted molar refractivity (Wildman–Crippen MR) is 112 cm³/mol. The quantitative estimate of drug-likeness (QED) is 0.427. The molecule has 1 aliphatic rings. The van der Waals surface area contributed by atoms with Crippen LogP contribution in [-0.2, 0) is 21.8 Å². The Morgan fingerprint density at radius 1 is 1.29 bits per heavy atom. The van der Waals surface area contributed by atoms with Crippen molar-refractivity contribution in [2.75, 3.05) is 13.2 Å². The molecule has 3 aromatic rings. The van der Waals surface area contributed by atoms with Crippen LogP contribution in [0.5, 0.6) is 5.75 Å². The van der Waals surface area contributed by atoms with Crippen LogP contribution in [0, 0.1) is 10.1 Å². The molecule has 31 heavy (non-hydrogen) atoms. The topological polar surface area (TPSA) is 109 Å². The van der Waals surface area contributed by atoms with Crippen molar-refractivity contribution in [3.8, 4) is 5.75 Å². The molecule has 0 radical (unpaired) electrons. The maximum absolute atomic E-state index is 8.36. The lowest BCUT2D eigenvalue weighted by molar-refractivity contribution is -0.742. The maximum atomic E-state index is 8.36. The lowest BCUT2D eigenvalue weighted by Gasteiger charge is -2.30. The summed E-state index contributed by atoms with van der Waals surface area (Å²) in [6.07, 6.45) is 5.04. The smallest absolute Gasteiger partial charge is 0.291 e. The molecule has 2 aromatic carbocycles. The third kappa shape index (κ3) is 6.31. The molecular formula is C20H19Cl2N3O6. The monoisotopic (exact) mass is 467 g/mol. The van der Waals surface area contributed by atoms with E-state index in [1.54, 1.807) is 24.7 Å². The summed E-state index contributed by atoms with van der Waals surface area (Å²) >= 11 is 12.5. The van der Waals surface area contributed by atoms with E-state index < -0.39 is 10.9 Å². The average Bonchev–Trinajstić information content (AvgIpc) is 3.37. The molecule has 0 saturated carbocycles. The van der Waals surface area contributed by atoms with Gasteiger partial charge in [0.25, 0.3) is 5.09 Å². The van der Waals surface area contributed by atoms with Crippen molar-refractivity contribution in [2.45, 2.75) is 18.4 Å². The molecule has 1 aromatic heterocycles. The molecule has 1 fully saturated rings. The summed E-state index contributed by atoms with van der Waals surface area (Å²) in [6.45, 7) is 1.18. The van der Waals surface area contributed by atoms with E-state index in [1.807, 2.05) is 47.2 Å². The predicted octanol–water partition coefficient (Wildman–Crippen LogP) is 4.19. The van der Waals surface area contributed by atoms with Gasteiger partial charge in [0.2, 0.25) is 5.79 Å². The van der Waals surface area contributed by atoms with Gasteiger partial charge in [-0.1, -0.05) is 47.5 Å². The highest BCUT2D eigenvalue weighted by Crippen LogP contribution is 2.40. The zero-order chi connectivity index (χ0) is 22.3. The van der Waals surface area contributed by atoms with Crippen LogP contribution in [0.25, 0.3) is 0 Å². The van der Waals surface area contributed by atoms with Gasteiger partial charge < -0.3 is 24.0 Å². The Morgan fingerprint density at radius 2 is 2.03 bits per heavy atom. The molecule has 0 bridgehead atoms. The number of hydrogen-bond acceptors (Lipinski definition) is 6. The van der Waals surface area contributed by atoms with Gasteiger partial charge in [0.15, 0.2) is 0 Å². The Bertz CT molecular complexity index is 986. The highest BCUT2D eigenvalue weighted by Gasteiger charge is 2.45. The first-order chi connectivity index (χ1) is 14.9. The summed E-state index contributed by atoms with van der Waals surface area (Å²) < 4.78 is 20.2. The zero-order valence-corrected chi connectivity index (χ0v) is 17.6. The van der Waals surface area contributed by atoms with Crippen molar-refractivity contribution >= 4 is 23.2 Å². The van der Waals surface area contributed by atoms with Crippen molar-refractivity contribution in [1.29, 1.82) is 0 Å². The van der Waals surface area contributed by atoms with E-state index >= 15 is 0 Å². The molecule has 2 heterocycles. The molecule has 2 unspecified atom stereocenters. The molecule has 9 nitrogen and oxygen atoms in total. The second kappa shape index (κ2) is 10.5. The van der Waals surface area contributed by atoms with Gasteiger partial charge in [0.05, 0.1) is 24.5 Å². The van der Waals surface area contributed by atoms with Gasteiger partial charge in [-0.15, -0.1) is 10.1 Å². The summed E-state index contributed by atoms with van der Waals surface area (Å²) in [7, 11) is 0. The van der Waals surface area contributed by atoms with Crippen LogP contribution in [0.3, 0.4) is 0 Å². The fraction of sp³-hybridized carbons (Fsp3) is 0.250. The fourth-order valence-corrected chi connectivity index (χ4v) is 3.63. The largest absolute Gasteiger partial charge is 0.491 e. The number of aromatic nitrogens is 2. The number of rotatable bonds is 6. The van der Waals surface area contributed by atoms with E-state index in [4.69, 9.17) is 52.7 Å². The summed E-state index contributed by atoms with van der Waals surface area (Å²) in [5.41, 5.74) is 0.726. The lowest BCUT2D eigenvalue weighted by Crippen LogP contribution is -2.34. The van der Waals surface area contributed by atoms with Crippen LogP contribution in [0.4, 0.5) is 0 Å². The van der Waals surface area contributed by atoms with Crippen molar-refractivity contribution < 1.29 is 24.5 Å². The van der Waals surface area contributed by atoms with Gasteiger partial charge >= 0.3 is 0 Å².